The summed E-state index contributed by atoms with van der Waals surface area (Å²) in [6.45, 7) is 9.67. The Morgan fingerprint density at radius 3 is 1.93 bits per heavy atom. The van der Waals surface area contributed by atoms with Gasteiger partial charge in [-0.1, -0.05) is 80.6 Å². The van der Waals surface area contributed by atoms with Crippen LogP contribution in [0.1, 0.15) is 133 Å². The molecule has 28 heteroatoms. The molecule has 3 aliphatic carbocycles. The Bertz CT molecular complexity index is 3390. The van der Waals surface area contributed by atoms with Gasteiger partial charge in [-0.05, 0) is 81.5 Å². The van der Waals surface area contributed by atoms with Crippen molar-refractivity contribution in [2.24, 2.45) is 22.5 Å². The number of amides is 5. The van der Waals surface area contributed by atoms with Gasteiger partial charge in [-0.3, -0.25) is 47.9 Å². The third-order valence-corrected chi connectivity index (χ3v) is 18.1. The van der Waals surface area contributed by atoms with Crippen LogP contribution in [-0.4, -0.2) is 183 Å². The maximum atomic E-state index is 16.4. The van der Waals surface area contributed by atoms with Crippen LogP contribution in [0.4, 0.5) is 0 Å². The smallest absolute Gasteiger partial charge is 0.338 e. The second-order valence-electron chi connectivity index (χ2n) is 24.9. The zero-order chi connectivity index (χ0) is 69.2. The Morgan fingerprint density at radius 1 is 0.745 bits per heavy atom. The minimum absolute atomic E-state index is 0.0448. The van der Waals surface area contributed by atoms with Crippen molar-refractivity contribution in [2.45, 2.75) is 178 Å². The molecular weight excluding hydrogens is 1230 g/mol. The summed E-state index contributed by atoms with van der Waals surface area (Å²) in [6.07, 6.45) is -14.7. The lowest BCUT2D eigenvalue weighted by atomic mass is 9.44. The number of primary amides is 1. The van der Waals surface area contributed by atoms with Crippen LogP contribution < -0.4 is 32.3 Å². The monoisotopic (exact) mass is 1310 g/mol. The van der Waals surface area contributed by atoms with Gasteiger partial charge in [0.25, 0.3) is 5.91 Å². The quantitative estimate of drug-likeness (QED) is 0.0212. The lowest BCUT2D eigenvalue weighted by Gasteiger charge is -2.67. The van der Waals surface area contributed by atoms with E-state index in [4.69, 9.17) is 39.3 Å². The number of nitrogens with one attached hydrogen (secondary N) is 5. The number of aliphatic carboxylic acids is 1. The molecule has 5 amide bonds. The van der Waals surface area contributed by atoms with E-state index in [1.165, 1.54) is 77.9 Å². The minimum Gasteiger partial charge on any atom is -0.481 e. The van der Waals surface area contributed by atoms with Crippen LogP contribution >= 0.6 is 0 Å². The van der Waals surface area contributed by atoms with Crippen LogP contribution in [-0.2, 0) is 76.4 Å². The molecule has 0 spiro atoms. The third-order valence-electron chi connectivity index (χ3n) is 18.1. The molecule has 94 heavy (non-hydrogen) atoms. The van der Waals surface area contributed by atoms with Crippen molar-refractivity contribution < 1.29 is 106 Å². The van der Waals surface area contributed by atoms with Crippen LogP contribution in [0.15, 0.2) is 102 Å². The molecule has 1 aliphatic heterocycles. The first-order valence-electron chi connectivity index (χ1n) is 30.8. The van der Waals surface area contributed by atoms with Crippen molar-refractivity contribution in [2.75, 3.05) is 19.7 Å². The molecule has 4 aliphatic rings. The number of carboxylic acids is 1. The highest BCUT2D eigenvalue weighted by atomic mass is 16.6. The number of aliphatic hydroxyl groups excluding tert-OH is 2. The molecule has 508 valence electrons. The van der Waals surface area contributed by atoms with E-state index in [1.807, 2.05) is 0 Å². The molecule has 3 fully saturated rings. The second-order valence-corrected chi connectivity index (χ2v) is 24.9. The molecule has 0 aromatic heterocycles. The predicted octanol–water partition coefficient (Wildman–Crippen LogP) is 1.25. The summed E-state index contributed by atoms with van der Waals surface area (Å²) in [5.41, 5.74) is -2.99. The highest BCUT2D eigenvalue weighted by Crippen LogP contribution is 2.65. The first-order chi connectivity index (χ1) is 44.3. The standard InChI is InChI=1S/C66H82N6O22/c1-34-44(91-62(87)52(80)51(39-19-12-9-13-20-39)72-59(84)40-21-14-10-15-22-40)31-66(88)56(93-61(86)41-23-16-11-17-24-41)54-64(8,55(81)53(90-37(4)73)50(34)63(66,6)7)45(30-46-65(54,33-89-46)94-38(5)74)92-49(79)25-18-28-68-60(85)43(29-47(67)76)71-58(83)36(3)70-57(82)35(2)69-32-42(75)26-27-48(77)78/h9-17,19-24,35-36,42-46,51-54,56,69,75,80,88H,18,25-33H2,1-8H3,(H2,67,76)(H,68,85)(H,70,82)(H,71,83)(H,72,84)(H,77,78)/t35-,36-,42+,43-,44+,45+,46-,51+,52-,53-,54?,56+,64-,65+,66-/m1/s1. The van der Waals surface area contributed by atoms with Crippen molar-refractivity contribution in [3.05, 3.63) is 119 Å². The van der Waals surface area contributed by atoms with Crippen molar-refractivity contribution in [1.29, 1.82) is 0 Å². The number of carbonyl (C=O) groups excluding carboxylic acids is 11. The van der Waals surface area contributed by atoms with Gasteiger partial charge in [0.2, 0.25) is 23.6 Å². The largest absolute Gasteiger partial charge is 0.481 e. The van der Waals surface area contributed by atoms with Gasteiger partial charge in [-0.15, -0.1) is 0 Å². The van der Waals surface area contributed by atoms with Gasteiger partial charge in [0, 0.05) is 63.6 Å². The van der Waals surface area contributed by atoms with Crippen molar-refractivity contribution >= 4 is 71.1 Å². The number of ketones is 1. The molecule has 3 aromatic carbocycles. The van der Waals surface area contributed by atoms with Gasteiger partial charge in [0.1, 0.15) is 42.1 Å². The molecule has 28 nitrogen and oxygen atoms in total. The Hall–Kier alpha value is -8.96. The average Bonchev–Trinajstić information content (AvgIpc) is 0.669. The Labute approximate surface area is 541 Å². The van der Waals surface area contributed by atoms with E-state index < -0.39 is 192 Å². The fourth-order valence-electron chi connectivity index (χ4n) is 13.0. The van der Waals surface area contributed by atoms with Gasteiger partial charge >= 0.3 is 35.8 Å². The number of Topliss-reactive ketones (excluding diaryl/α,β-unsaturated/α-hetero) is 1. The summed E-state index contributed by atoms with van der Waals surface area (Å²) in [4.78, 5) is 164. The number of rotatable bonds is 28. The van der Waals surface area contributed by atoms with Crippen molar-refractivity contribution in [1.82, 2.24) is 26.6 Å². The number of esters is 5. The predicted molar refractivity (Wildman–Crippen MR) is 327 cm³/mol. The molecule has 3 aromatic rings. The fourth-order valence-corrected chi connectivity index (χ4v) is 13.0. The molecule has 1 heterocycles. The third kappa shape index (κ3) is 16.0. The van der Waals surface area contributed by atoms with E-state index in [1.54, 1.807) is 54.6 Å². The molecule has 1 saturated heterocycles. The van der Waals surface area contributed by atoms with Crippen LogP contribution in [0.5, 0.6) is 0 Å². The number of nitrogens with two attached hydrogens (primary N) is 1. The first-order valence-corrected chi connectivity index (χ1v) is 30.8. The van der Waals surface area contributed by atoms with E-state index in [0.717, 1.165) is 13.8 Å². The van der Waals surface area contributed by atoms with Gasteiger partial charge in [-0.2, -0.15) is 0 Å². The zero-order valence-corrected chi connectivity index (χ0v) is 53.4. The van der Waals surface area contributed by atoms with Crippen LogP contribution in [0.25, 0.3) is 0 Å². The van der Waals surface area contributed by atoms with Gasteiger partial charge in [-0.25, -0.2) is 9.59 Å². The number of ether oxygens (including phenoxy) is 6. The fraction of sp³-hybridized carbons (Fsp3) is 0.515. The van der Waals surface area contributed by atoms with Crippen molar-refractivity contribution in [3.8, 4) is 0 Å². The van der Waals surface area contributed by atoms with Gasteiger partial charge in [0.15, 0.2) is 23.6 Å². The number of aliphatic hydroxyl groups is 3. The number of hydrogen-bond donors (Lipinski definition) is 10. The second kappa shape index (κ2) is 30.4. The first kappa shape index (κ1) is 72.5. The summed E-state index contributed by atoms with van der Waals surface area (Å²) >= 11 is 0. The molecule has 1 unspecified atom stereocenters. The number of carboxylic acid groups (broad SMARTS) is 1. The molecule has 7 rings (SSSR count). The lowest BCUT2D eigenvalue weighted by molar-refractivity contribution is -0.346. The Kier molecular flexibility index (Phi) is 23.4. The molecule has 0 radical (unpaired) electrons. The molecule has 15 atom stereocenters. The van der Waals surface area contributed by atoms with E-state index in [2.05, 4.69) is 26.6 Å². The highest BCUT2D eigenvalue weighted by Gasteiger charge is 2.79. The summed E-state index contributed by atoms with van der Waals surface area (Å²) in [6, 6.07) is 18.3. The van der Waals surface area contributed by atoms with Crippen molar-refractivity contribution in [3.63, 3.8) is 0 Å². The summed E-state index contributed by atoms with van der Waals surface area (Å²) in [5.74, 6) is -13.4. The topological polar surface area (TPSA) is 427 Å². The Morgan fingerprint density at radius 2 is 1.35 bits per heavy atom. The SMILES string of the molecule is CC(=O)O[C@H]1C(=O)[C@@]2(C)C([C@H](OC(=O)c3ccccc3)[C@]3(O)C[C@H](OC(=O)[C@H](O)[C@@H](NC(=O)c4ccccc4)c4ccccc4)C(C)=C1C3(C)C)[C@]1(OC(C)=O)CO[C@@H]1C[C@@H]2OC(=O)CCCNC(=O)[C@@H](CC(N)=O)NC(=O)[C@@H](C)NC(=O)[C@@H](C)NC[C@@H](O)CCC(=O)O. The van der Waals surface area contributed by atoms with Crippen LogP contribution in [0.3, 0.4) is 0 Å². The summed E-state index contributed by atoms with van der Waals surface area (Å²) in [5, 5.41) is 57.9. The van der Waals surface area contributed by atoms with Gasteiger partial charge in [0.05, 0.1) is 48.1 Å². The lowest BCUT2D eigenvalue weighted by Crippen LogP contribution is -2.82. The maximum Gasteiger partial charge on any atom is 0.338 e. The molecule has 11 N–H and O–H groups in total. The summed E-state index contributed by atoms with van der Waals surface area (Å²) in [7, 11) is 0. The normalized spacial score (nSPS) is 26.1. The number of carbonyl (C=O) groups is 12. The van der Waals surface area contributed by atoms with E-state index in [9.17, 15) is 68.1 Å². The van der Waals surface area contributed by atoms with E-state index in [-0.39, 0.29) is 61.0 Å². The highest BCUT2D eigenvalue weighted by molar-refractivity contribution is 5.97. The minimum atomic E-state index is -2.60. The maximum absolute atomic E-state index is 16.4. The molecular formula is C66H82N6O22. The van der Waals surface area contributed by atoms with Crippen LogP contribution in [0, 0.1) is 16.7 Å². The van der Waals surface area contributed by atoms with Gasteiger partial charge < -0.3 is 81.2 Å². The summed E-state index contributed by atoms with van der Waals surface area (Å²) < 4.78 is 37.4. The van der Waals surface area contributed by atoms with E-state index in [0.29, 0.717) is 5.56 Å². The zero-order valence-electron chi connectivity index (χ0n) is 53.4. The molecule has 2 bridgehead atoms. The number of hydrogen-bond acceptors (Lipinski definition) is 22. The number of fused-ring (bicyclic) bond motifs is 5. The number of benzene rings is 3. The van der Waals surface area contributed by atoms with E-state index >= 15 is 4.79 Å². The Balaban J connectivity index is 1.20. The van der Waals surface area contributed by atoms with Crippen LogP contribution in [0.2, 0.25) is 0 Å². The molecule has 2 saturated carbocycles. The average molecular weight is 1310 g/mol.